The molecule has 1 amide bonds. The molecule has 1 fully saturated rings. The van der Waals surface area contributed by atoms with E-state index in [9.17, 15) is 4.79 Å². The number of hydrogen-bond donors (Lipinski definition) is 2. The minimum Gasteiger partial charge on any atom is -0.353 e. The fourth-order valence-electron chi connectivity index (χ4n) is 1.98. The van der Waals surface area contributed by atoms with E-state index in [-0.39, 0.29) is 24.2 Å². The number of hydrogen-bond acceptors (Lipinski definition) is 3. The van der Waals surface area contributed by atoms with Crippen molar-refractivity contribution in [3.8, 4) is 0 Å². The summed E-state index contributed by atoms with van der Waals surface area (Å²) in [6.07, 6.45) is 2.04. The van der Waals surface area contributed by atoms with Crippen molar-refractivity contribution in [3.63, 3.8) is 0 Å². The highest BCUT2D eigenvalue weighted by atomic mass is 35.5. The van der Waals surface area contributed by atoms with Gasteiger partial charge in [-0.05, 0) is 45.0 Å². The van der Waals surface area contributed by atoms with Gasteiger partial charge in [0, 0.05) is 10.9 Å². The van der Waals surface area contributed by atoms with Crippen molar-refractivity contribution in [1.82, 2.24) is 10.6 Å². The van der Waals surface area contributed by atoms with E-state index in [2.05, 4.69) is 10.6 Å². The average Bonchev–Trinajstić information content (AvgIpc) is 2.76. The van der Waals surface area contributed by atoms with Crippen LogP contribution in [-0.4, -0.2) is 25.0 Å². The van der Waals surface area contributed by atoms with Gasteiger partial charge in [-0.25, -0.2) is 0 Å². The molecule has 6 heteroatoms. The lowest BCUT2D eigenvalue weighted by Gasteiger charge is -2.25. The highest BCUT2D eigenvalue weighted by Crippen LogP contribution is 2.28. The number of carbonyl (C=O) groups is 1. The summed E-state index contributed by atoms with van der Waals surface area (Å²) in [4.78, 5) is 13.1. The van der Waals surface area contributed by atoms with Crippen molar-refractivity contribution >= 4 is 41.3 Å². The van der Waals surface area contributed by atoms with E-state index in [0.29, 0.717) is 6.04 Å². The van der Waals surface area contributed by atoms with E-state index in [1.807, 2.05) is 19.1 Å². The standard InChI is InChI=1S/C12H17ClN2OS.ClH/c1-8(10-2-3-11(13)17-10)12(16)15-9-4-6-14-7-5-9;/h2-3,8-9,14H,4-7H2,1H3,(H,15,16);1H. The molecule has 18 heavy (non-hydrogen) atoms. The van der Waals surface area contributed by atoms with Crippen molar-refractivity contribution in [1.29, 1.82) is 0 Å². The van der Waals surface area contributed by atoms with Crippen molar-refractivity contribution in [2.45, 2.75) is 31.7 Å². The van der Waals surface area contributed by atoms with Crippen LogP contribution in [0.3, 0.4) is 0 Å². The van der Waals surface area contributed by atoms with E-state index in [4.69, 9.17) is 11.6 Å². The molecular weight excluding hydrogens is 291 g/mol. The fraction of sp³-hybridized carbons (Fsp3) is 0.583. The lowest BCUT2D eigenvalue weighted by atomic mass is 10.0. The Morgan fingerprint density at radius 2 is 2.17 bits per heavy atom. The van der Waals surface area contributed by atoms with Gasteiger partial charge in [-0.3, -0.25) is 4.79 Å². The van der Waals surface area contributed by atoms with Crippen LogP contribution in [0.4, 0.5) is 0 Å². The summed E-state index contributed by atoms with van der Waals surface area (Å²) in [5.74, 6) is -0.00203. The Morgan fingerprint density at radius 1 is 1.50 bits per heavy atom. The number of rotatable bonds is 3. The van der Waals surface area contributed by atoms with Crippen LogP contribution in [-0.2, 0) is 4.79 Å². The molecule has 2 N–H and O–H groups in total. The van der Waals surface area contributed by atoms with Crippen LogP contribution < -0.4 is 10.6 Å². The summed E-state index contributed by atoms with van der Waals surface area (Å²) in [6.45, 7) is 3.91. The Kier molecular flexibility index (Phi) is 6.43. The van der Waals surface area contributed by atoms with Crippen LogP contribution in [0.2, 0.25) is 4.34 Å². The molecule has 0 radical (unpaired) electrons. The quantitative estimate of drug-likeness (QED) is 0.901. The molecule has 3 nitrogen and oxygen atoms in total. The number of nitrogens with one attached hydrogen (secondary N) is 2. The molecule has 0 saturated carbocycles. The largest absolute Gasteiger partial charge is 0.353 e. The van der Waals surface area contributed by atoms with Gasteiger partial charge >= 0.3 is 0 Å². The zero-order chi connectivity index (χ0) is 12.3. The van der Waals surface area contributed by atoms with Gasteiger partial charge in [0.25, 0.3) is 0 Å². The Balaban J connectivity index is 0.00000162. The lowest BCUT2D eigenvalue weighted by Crippen LogP contribution is -2.43. The molecule has 102 valence electrons. The maximum atomic E-state index is 12.1. The van der Waals surface area contributed by atoms with Crippen LogP contribution >= 0.6 is 35.3 Å². The van der Waals surface area contributed by atoms with Crippen molar-refractivity contribution < 1.29 is 4.79 Å². The second-order valence-electron chi connectivity index (χ2n) is 4.40. The monoisotopic (exact) mass is 308 g/mol. The topological polar surface area (TPSA) is 41.1 Å². The molecule has 1 atom stereocenters. The van der Waals surface area contributed by atoms with Gasteiger partial charge in [-0.2, -0.15) is 0 Å². The molecule has 0 aliphatic carbocycles. The number of amides is 1. The Labute approximate surface area is 123 Å². The minimum absolute atomic E-state index is 0. The third kappa shape index (κ3) is 4.12. The maximum Gasteiger partial charge on any atom is 0.228 e. The molecule has 1 saturated heterocycles. The molecular formula is C12H18Cl2N2OS. The van der Waals surface area contributed by atoms with Crippen LogP contribution in [0, 0.1) is 0 Å². The molecule has 1 aromatic rings. The Hall–Kier alpha value is -0.290. The number of piperidine rings is 1. The van der Waals surface area contributed by atoms with Crippen molar-refractivity contribution in [2.75, 3.05) is 13.1 Å². The zero-order valence-corrected chi connectivity index (χ0v) is 12.6. The number of carbonyl (C=O) groups excluding carboxylic acids is 1. The third-order valence-electron chi connectivity index (χ3n) is 3.10. The van der Waals surface area contributed by atoms with Crippen LogP contribution in [0.25, 0.3) is 0 Å². The van der Waals surface area contributed by atoms with E-state index in [1.165, 1.54) is 11.3 Å². The molecule has 0 aromatic carbocycles. The van der Waals surface area contributed by atoms with Crippen LogP contribution in [0.1, 0.15) is 30.6 Å². The molecule has 2 rings (SSSR count). The van der Waals surface area contributed by atoms with Gasteiger partial charge in [-0.1, -0.05) is 11.6 Å². The fourth-order valence-corrected chi connectivity index (χ4v) is 3.09. The van der Waals surface area contributed by atoms with Gasteiger partial charge in [0.1, 0.15) is 0 Å². The van der Waals surface area contributed by atoms with E-state index < -0.39 is 0 Å². The van der Waals surface area contributed by atoms with E-state index in [1.54, 1.807) is 0 Å². The molecule has 1 aliphatic heterocycles. The second kappa shape index (κ2) is 7.34. The molecule has 1 aromatic heterocycles. The maximum absolute atomic E-state index is 12.1. The van der Waals surface area contributed by atoms with Crippen LogP contribution in [0.15, 0.2) is 12.1 Å². The predicted molar refractivity (Wildman–Crippen MR) is 79.0 cm³/mol. The molecule has 0 spiro atoms. The zero-order valence-electron chi connectivity index (χ0n) is 10.2. The van der Waals surface area contributed by atoms with Gasteiger partial charge in [-0.15, -0.1) is 23.7 Å². The minimum atomic E-state index is -0.109. The Morgan fingerprint density at radius 3 is 2.72 bits per heavy atom. The molecule has 0 bridgehead atoms. The summed E-state index contributed by atoms with van der Waals surface area (Å²) >= 11 is 7.36. The summed E-state index contributed by atoms with van der Waals surface area (Å²) in [5.41, 5.74) is 0. The first-order chi connectivity index (χ1) is 8.16. The summed E-state index contributed by atoms with van der Waals surface area (Å²) in [5, 5.41) is 6.40. The summed E-state index contributed by atoms with van der Waals surface area (Å²) in [6, 6.07) is 4.09. The Bertz CT molecular complexity index is 391. The normalized spacial score (nSPS) is 17.9. The van der Waals surface area contributed by atoms with Crippen molar-refractivity contribution in [2.24, 2.45) is 0 Å². The SMILES string of the molecule is CC(C(=O)NC1CCNCC1)c1ccc(Cl)s1.Cl. The van der Waals surface area contributed by atoms with E-state index in [0.717, 1.165) is 35.1 Å². The first-order valence-electron chi connectivity index (χ1n) is 5.93. The molecule has 1 aliphatic rings. The van der Waals surface area contributed by atoms with Gasteiger partial charge in [0.2, 0.25) is 5.91 Å². The van der Waals surface area contributed by atoms with E-state index >= 15 is 0 Å². The third-order valence-corrected chi connectivity index (χ3v) is 4.51. The molecule has 2 heterocycles. The summed E-state index contributed by atoms with van der Waals surface area (Å²) in [7, 11) is 0. The smallest absolute Gasteiger partial charge is 0.228 e. The molecule has 1 unspecified atom stereocenters. The highest BCUT2D eigenvalue weighted by Gasteiger charge is 2.21. The van der Waals surface area contributed by atoms with Crippen molar-refractivity contribution in [3.05, 3.63) is 21.3 Å². The highest BCUT2D eigenvalue weighted by molar-refractivity contribution is 7.16. The lowest BCUT2D eigenvalue weighted by molar-refractivity contribution is -0.123. The van der Waals surface area contributed by atoms with Gasteiger partial charge < -0.3 is 10.6 Å². The number of thiophene rings is 1. The predicted octanol–water partition coefficient (Wildman–Crippen LogP) is 2.80. The summed E-state index contributed by atoms with van der Waals surface area (Å²) < 4.78 is 0.738. The van der Waals surface area contributed by atoms with Gasteiger partial charge in [0.05, 0.1) is 10.3 Å². The average molecular weight is 309 g/mol. The second-order valence-corrected chi connectivity index (χ2v) is 6.14. The van der Waals surface area contributed by atoms with Gasteiger partial charge in [0.15, 0.2) is 0 Å². The number of halogens is 2. The van der Waals surface area contributed by atoms with Crippen LogP contribution in [0.5, 0.6) is 0 Å². The first-order valence-corrected chi connectivity index (χ1v) is 7.12. The first kappa shape index (κ1) is 15.8.